The average Bonchev–Trinajstić information content (AvgIpc) is 3.83. The molecular formula is C64H87N3O14. The minimum absolute atomic E-state index is 0.00301. The molecule has 0 saturated heterocycles. The minimum Gasteiger partial charge on any atom is -0.449 e. The molecule has 81 heavy (non-hydrogen) atoms. The van der Waals surface area contributed by atoms with Crippen molar-refractivity contribution in [3.63, 3.8) is 0 Å². The molecule has 0 radical (unpaired) electrons. The van der Waals surface area contributed by atoms with Crippen molar-refractivity contribution >= 4 is 35.4 Å². The Kier molecular flexibility index (Phi) is 27.3. The zero-order chi connectivity index (χ0) is 59.9. The zero-order valence-corrected chi connectivity index (χ0v) is 47.9. The molecule has 2 aliphatic rings. The van der Waals surface area contributed by atoms with Crippen LogP contribution in [0.2, 0.25) is 2.82 Å². The SMILES string of the molecule is [2H]NC(=O)OCC1c2cc(C(=O)CCCOCCCC)ccc2-c2ccc(C(=O)CCCOC(C)CCO)cc21.[2H]NC(=O)OCC1c2cc(CCCC(=O)NCCOCCCC)ccc2-c2c(C(=O)CCCOC(C)CCO)cccc21. The molecule has 4 unspecified atom stereocenters. The zero-order valence-electron chi connectivity index (χ0n) is 49.9. The lowest BCUT2D eigenvalue weighted by molar-refractivity contribution is -0.121. The van der Waals surface area contributed by atoms with Gasteiger partial charge in [-0.3, -0.25) is 19.2 Å². The van der Waals surface area contributed by atoms with Crippen molar-refractivity contribution in [2.45, 2.75) is 148 Å². The molecule has 0 aliphatic heterocycles. The first-order valence-electron chi connectivity index (χ1n) is 30.0. The summed E-state index contributed by atoms with van der Waals surface area (Å²) in [5.41, 5.74) is 13.5. The van der Waals surface area contributed by atoms with Crippen LogP contribution in [0.4, 0.5) is 9.59 Å². The number of unbranched alkanes of at least 4 members (excludes halogenated alkanes) is 2. The van der Waals surface area contributed by atoms with Gasteiger partial charge in [0, 0.05) is 107 Å². The second kappa shape index (κ2) is 35.5. The Bertz CT molecular complexity index is 2720. The molecule has 4 aromatic carbocycles. The number of carbonyl (C=O) groups is 6. The van der Waals surface area contributed by atoms with Crippen molar-refractivity contribution in [1.29, 1.82) is 0 Å². The maximum Gasteiger partial charge on any atom is 0.404 e. The average molecular weight is 1120 g/mol. The summed E-state index contributed by atoms with van der Waals surface area (Å²) in [6, 6.07) is 22.9. The summed E-state index contributed by atoms with van der Waals surface area (Å²) >= 11 is 0. The largest absolute Gasteiger partial charge is 0.449 e. The topological polar surface area (TPSA) is 262 Å². The number of benzene rings is 4. The Hall–Kier alpha value is -6.34. The number of hydrogen-bond donors (Lipinski definition) is 5. The number of fused-ring (bicyclic) bond motifs is 6. The molecule has 442 valence electrons. The van der Waals surface area contributed by atoms with Gasteiger partial charge in [0.25, 0.3) is 0 Å². The Morgan fingerprint density at radius 1 is 0.568 bits per heavy atom. The lowest BCUT2D eigenvalue weighted by atomic mass is 9.93. The lowest BCUT2D eigenvalue weighted by Crippen LogP contribution is -2.27. The van der Waals surface area contributed by atoms with Crippen LogP contribution in [0.3, 0.4) is 0 Å². The highest BCUT2D eigenvalue weighted by Crippen LogP contribution is 2.48. The molecule has 6 rings (SSSR count). The molecule has 4 atom stereocenters. The van der Waals surface area contributed by atoms with Gasteiger partial charge in [-0.15, -0.1) is 0 Å². The summed E-state index contributed by atoms with van der Waals surface area (Å²) in [5.74, 6) is -0.642. The number of ketones is 3. The third kappa shape index (κ3) is 20.9. The summed E-state index contributed by atoms with van der Waals surface area (Å²) in [4.78, 5) is 75.0. The number of primary amides is 2. The number of hydrogen-bond acceptors (Lipinski definition) is 14. The van der Waals surface area contributed by atoms with Crippen molar-refractivity contribution in [2.24, 2.45) is 11.5 Å². The van der Waals surface area contributed by atoms with E-state index in [0.29, 0.717) is 134 Å². The monoisotopic (exact) mass is 1120 g/mol. The fourth-order valence-electron chi connectivity index (χ4n) is 10.1. The Morgan fingerprint density at radius 2 is 1.07 bits per heavy atom. The van der Waals surface area contributed by atoms with Gasteiger partial charge in [0.2, 0.25) is 5.91 Å². The molecule has 17 nitrogen and oxygen atoms in total. The van der Waals surface area contributed by atoms with Crippen LogP contribution >= 0.6 is 0 Å². The molecule has 17 heteroatoms. The number of amides is 3. The van der Waals surface area contributed by atoms with E-state index in [2.05, 4.69) is 25.2 Å². The molecular weight excluding hydrogens is 1030 g/mol. The minimum atomic E-state index is -0.868. The van der Waals surface area contributed by atoms with Gasteiger partial charge in [-0.2, -0.15) is 0 Å². The number of ether oxygens (including phenoxy) is 6. The maximum absolute atomic E-state index is 13.4. The Morgan fingerprint density at radius 3 is 1.63 bits per heavy atom. The number of nitrogens with one attached hydrogen (secondary N) is 1. The second-order valence-corrected chi connectivity index (χ2v) is 20.7. The van der Waals surface area contributed by atoms with Crippen molar-refractivity contribution in [1.82, 2.24) is 5.32 Å². The predicted molar refractivity (Wildman–Crippen MR) is 311 cm³/mol. The number of aryl methyl sites for hydroxylation is 1. The highest BCUT2D eigenvalue weighted by molar-refractivity contribution is 6.05. The normalized spacial score (nSPS) is 14.6. The number of nitrogens with two attached hydrogens (primary N) is 2. The predicted octanol–water partition coefficient (Wildman–Crippen LogP) is 10.3. The summed E-state index contributed by atoms with van der Waals surface area (Å²) in [7, 11) is 0. The quantitative estimate of drug-likeness (QED) is 0.0207. The van der Waals surface area contributed by atoms with Crippen LogP contribution in [0.5, 0.6) is 0 Å². The summed E-state index contributed by atoms with van der Waals surface area (Å²) in [6.45, 7) is 12.0. The highest BCUT2D eigenvalue weighted by atomic mass is 16.5. The van der Waals surface area contributed by atoms with Gasteiger partial charge in [0.15, 0.2) is 20.2 Å². The van der Waals surface area contributed by atoms with E-state index in [-0.39, 0.29) is 73.7 Å². The summed E-state index contributed by atoms with van der Waals surface area (Å²) in [5, 5.41) is 20.9. The van der Waals surface area contributed by atoms with E-state index in [9.17, 15) is 28.8 Å². The number of Topliss-reactive ketones (excluding diaryl/α,β-unsaturated/α-hetero) is 3. The molecule has 7 N–H and O–H groups in total. The fourth-order valence-corrected chi connectivity index (χ4v) is 10.1. The van der Waals surface area contributed by atoms with E-state index < -0.39 is 12.2 Å². The van der Waals surface area contributed by atoms with Crippen LogP contribution < -0.4 is 16.8 Å². The Balaban J connectivity index is 0.000000305. The Labute approximate surface area is 481 Å². The number of rotatable bonds is 38. The molecule has 0 spiro atoms. The smallest absolute Gasteiger partial charge is 0.404 e. The van der Waals surface area contributed by atoms with Gasteiger partial charge in [0.05, 0.1) is 18.8 Å². The van der Waals surface area contributed by atoms with E-state index in [1.807, 2.05) is 74.5 Å². The molecule has 0 bridgehead atoms. The van der Waals surface area contributed by atoms with Crippen molar-refractivity contribution in [2.75, 3.05) is 72.6 Å². The number of aliphatic hydroxyl groups excluding tert-OH is 2. The number of carbonyl (C=O) groups excluding carboxylic acids is 6. The van der Waals surface area contributed by atoms with Gasteiger partial charge in [-0.1, -0.05) is 87.4 Å². The third-order valence-electron chi connectivity index (χ3n) is 14.5. The molecule has 0 aromatic heterocycles. The van der Waals surface area contributed by atoms with Crippen LogP contribution in [-0.4, -0.2) is 130 Å². The molecule has 0 heterocycles. The molecule has 4 aromatic rings. The first-order chi connectivity index (χ1) is 40.3. The number of aliphatic hydroxyl groups is 2. The van der Waals surface area contributed by atoms with Gasteiger partial charge < -0.3 is 55.4 Å². The van der Waals surface area contributed by atoms with Crippen molar-refractivity contribution in [3.8, 4) is 22.3 Å². The first kappa shape index (κ1) is 62.3. The van der Waals surface area contributed by atoms with E-state index in [0.717, 1.165) is 75.8 Å². The van der Waals surface area contributed by atoms with E-state index in [1.54, 1.807) is 17.5 Å². The van der Waals surface area contributed by atoms with Gasteiger partial charge >= 0.3 is 12.2 Å². The van der Waals surface area contributed by atoms with E-state index in [4.69, 9.17) is 41.5 Å². The van der Waals surface area contributed by atoms with Gasteiger partial charge in [-0.25, -0.2) is 9.59 Å². The summed E-state index contributed by atoms with van der Waals surface area (Å²) in [6.07, 6.45) is 8.05. The molecule has 3 amide bonds. The third-order valence-corrected chi connectivity index (χ3v) is 14.5. The fraction of sp³-hybridized carbons (Fsp3) is 0.531. The van der Waals surface area contributed by atoms with Gasteiger partial charge in [-0.05, 0) is 134 Å². The van der Waals surface area contributed by atoms with Crippen LogP contribution in [0.25, 0.3) is 22.3 Å². The van der Waals surface area contributed by atoms with Crippen LogP contribution in [0.1, 0.15) is 188 Å². The van der Waals surface area contributed by atoms with E-state index in [1.165, 1.54) is 0 Å². The van der Waals surface area contributed by atoms with Crippen molar-refractivity contribution < 1.29 is 70.2 Å². The molecule has 0 fully saturated rings. The van der Waals surface area contributed by atoms with Gasteiger partial charge in [0.1, 0.15) is 13.2 Å². The van der Waals surface area contributed by atoms with E-state index >= 15 is 0 Å². The lowest BCUT2D eigenvalue weighted by Gasteiger charge is -2.15. The molecule has 0 saturated carbocycles. The summed E-state index contributed by atoms with van der Waals surface area (Å²) < 4.78 is 47.1. The van der Waals surface area contributed by atoms with Crippen LogP contribution in [0.15, 0.2) is 72.8 Å². The van der Waals surface area contributed by atoms with Crippen molar-refractivity contribution in [3.05, 3.63) is 117 Å². The standard InChI is InChI=1S/C33H46N2O7.C31H41NO7/c1-3-4-18-40-20-16-35-31(38)12-5-8-24-13-14-26-28(21-24)29(22-42-33(34)39)25-9-6-10-27(32(25)26)30(37)11-7-19-41-23(2)15-17-36;1-3-4-15-37-16-5-7-29(34)22-9-11-24-25-12-10-23(30(35)8-6-17-38-21(2)13-14-33)19-27(25)28(26(24)18-22)20-39-31(32)36/h6,9-10,13-14,21,23,29,36H,3-5,7-8,11-12,15-20,22H2,1-2H3,(H2,34,39)(H,35,38);9-12,18-19,21,28,33H,3-8,13-17,20H2,1-2H3,(H2,32,36)/i/hD2. The van der Waals surface area contributed by atoms with Crippen LogP contribution in [-0.2, 0) is 39.6 Å². The first-order valence-corrected chi connectivity index (χ1v) is 29.0. The molecule has 2 aliphatic carbocycles. The highest BCUT2D eigenvalue weighted by Gasteiger charge is 2.34. The van der Waals surface area contributed by atoms with Crippen LogP contribution in [0, 0.1) is 0 Å². The second-order valence-electron chi connectivity index (χ2n) is 20.7. The maximum atomic E-state index is 13.4.